The zero-order chi connectivity index (χ0) is 24.2. The summed E-state index contributed by atoms with van der Waals surface area (Å²) in [4.78, 5) is 25.6. The van der Waals surface area contributed by atoms with Crippen molar-refractivity contribution in [2.45, 2.75) is 6.61 Å². The number of halogens is 3. The van der Waals surface area contributed by atoms with E-state index in [0.29, 0.717) is 26.3 Å². The molecule has 1 aliphatic rings. The van der Waals surface area contributed by atoms with Gasteiger partial charge in [0.2, 0.25) is 0 Å². The second kappa shape index (κ2) is 10.6. The summed E-state index contributed by atoms with van der Waals surface area (Å²) in [5, 5.41) is 1.83. The maximum atomic E-state index is 13.9. The molecule has 2 amide bonds. The summed E-state index contributed by atoms with van der Waals surface area (Å²) < 4.78 is 19.7. The fourth-order valence-corrected chi connectivity index (χ4v) is 4.49. The smallest absolute Gasteiger partial charge is 0.285 e. The zero-order valence-electron chi connectivity index (χ0n) is 17.3. The van der Waals surface area contributed by atoms with Gasteiger partial charge in [-0.05, 0) is 72.4 Å². The summed E-state index contributed by atoms with van der Waals surface area (Å²) in [5.74, 6) is -0.842. The van der Waals surface area contributed by atoms with E-state index in [4.69, 9.17) is 40.2 Å². The predicted molar refractivity (Wildman–Crippen MR) is 136 cm³/mol. The lowest BCUT2D eigenvalue weighted by atomic mass is 10.2. The number of hydrogen-bond acceptors (Lipinski definition) is 5. The van der Waals surface area contributed by atoms with Crippen LogP contribution in [0.2, 0.25) is 10.0 Å². The van der Waals surface area contributed by atoms with Crippen molar-refractivity contribution in [1.29, 1.82) is 0 Å². The molecule has 0 spiro atoms. The fraction of sp³-hybridized carbons (Fsp3) is 0.0417. The first-order valence-electron chi connectivity index (χ1n) is 9.82. The van der Waals surface area contributed by atoms with Crippen molar-refractivity contribution in [2.24, 2.45) is 0 Å². The van der Waals surface area contributed by atoms with Gasteiger partial charge >= 0.3 is 0 Å². The van der Waals surface area contributed by atoms with Crippen LogP contribution >= 0.6 is 47.2 Å². The third kappa shape index (κ3) is 5.59. The Morgan fingerprint density at radius 2 is 1.79 bits per heavy atom. The number of ether oxygens (including phenoxy) is 1. The first-order chi connectivity index (χ1) is 16.3. The second-order valence-electron chi connectivity index (χ2n) is 7.02. The molecule has 0 saturated carbocycles. The van der Waals surface area contributed by atoms with Gasteiger partial charge in [0.1, 0.15) is 18.2 Å². The van der Waals surface area contributed by atoms with Gasteiger partial charge in [0, 0.05) is 16.1 Å². The molecule has 0 aliphatic carbocycles. The number of hydrazine groups is 1. The Morgan fingerprint density at radius 1 is 1.09 bits per heavy atom. The van der Waals surface area contributed by atoms with Crippen molar-refractivity contribution in [1.82, 2.24) is 10.4 Å². The normalized spacial score (nSPS) is 14.6. The van der Waals surface area contributed by atoms with Gasteiger partial charge in [-0.3, -0.25) is 15.0 Å². The third-order valence-corrected chi connectivity index (χ3v) is 6.64. The number of carbonyl (C=O) groups excluding carboxylic acids is 2. The molecule has 0 radical (unpaired) electrons. The van der Waals surface area contributed by atoms with Crippen LogP contribution in [0, 0.1) is 5.82 Å². The van der Waals surface area contributed by atoms with Crippen LogP contribution in [0.4, 0.5) is 4.39 Å². The van der Waals surface area contributed by atoms with Crippen LogP contribution in [0.25, 0.3) is 6.08 Å². The van der Waals surface area contributed by atoms with Crippen LogP contribution in [0.5, 0.6) is 5.75 Å². The Hall–Kier alpha value is -2.91. The molecule has 0 bridgehead atoms. The van der Waals surface area contributed by atoms with Gasteiger partial charge in [-0.2, -0.15) is 5.01 Å². The van der Waals surface area contributed by atoms with E-state index >= 15 is 0 Å². The maximum Gasteiger partial charge on any atom is 0.285 e. The van der Waals surface area contributed by atoms with Gasteiger partial charge in [0.15, 0.2) is 4.32 Å². The topological polar surface area (TPSA) is 58.6 Å². The monoisotopic (exact) mass is 532 g/mol. The van der Waals surface area contributed by atoms with Crippen molar-refractivity contribution in [3.63, 3.8) is 0 Å². The average Bonchev–Trinajstić information content (AvgIpc) is 3.07. The molecule has 34 heavy (non-hydrogen) atoms. The number of nitrogens with one attached hydrogen (secondary N) is 1. The van der Waals surface area contributed by atoms with Crippen molar-refractivity contribution in [2.75, 3.05) is 0 Å². The van der Waals surface area contributed by atoms with Gasteiger partial charge in [-0.25, -0.2) is 4.39 Å². The summed E-state index contributed by atoms with van der Waals surface area (Å²) in [5.41, 5.74) is 3.86. The molecule has 3 aromatic carbocycles. The number of amides is 2. The molecule has 4 rings (SSSR count). The highest BCUT2D eigenvalue weighted by Crippen LogP contribution is 2.32. The number of benzene rings is 3. The van der Waals surface area contributed by atoms with Gasteiger partial charge in [-0.1, -0.05) is 53.2 Å². The maximum absolute atomic E-state index is 13.9. The minimum Gasteiger partial charge on any atom is -0.489 e. The van der Waals surface area contributed by atoms with Crippen LogP contribution in [0.3, 0.4) is 0 Å². The SMILES string of the molecule is O=C(NN1C(=O)/C(=C\c2ccc(OCc3c(F)cccc3Cl)cc2)SC1=S)c1ccc(Cl)cc1. The van der Waals surface area contributed by atoms with Crippen LogP contribution in [-0.4, -0.2) is 21.1 Å². The molecular formula is C24H15Cl2FN2O3S2. The number of carbonyl (C=O) groups is 2. The van der Waals surface area contributed by atoms with Gasteiger partial charge in [0.25, 0.3) is 11.8 Å². The first-order valence-corrected chi connectivity index (χ1v) is 11.8. The van der Waals surface area contributed by atoms with E-state index in [2.05, 4.69) is 5.43 Å². The highest BCUT2D eigenvalue weighted by Gasteiger charge is 2.33. The van der Waals surface area contributed by atoms with Crippen molar-refractivity contribution in [3.05, 3.63) is 104 Å². The highest BCUT2D eigenvalue weighted by atomic mass is 35.5. The number of thiocarbonyl (C=S) groups is 1. The lowest BCUT2D eigenvalue weighted by Gasteiger charge is -2.15. The lowest BCUT2D eigenvalue weighted by Crippen LogP contribution is -2.44. The summed E-state index contributed by atoms with van der Waals surface area (Å²) in [6, 6.07) is 17.6. The molecule has 0 unspecified atom stereocenters. The standard InChI is InChI=1S/C24H15Cl2FN2O3S2/c25-16-8-6-15(7-9-16)22(30)28-29-23(31)21(34-24(29)33)12-14-4-10-17(11-5-14)32-13-18-19(26)2-1-3-20(18)27/h1-12H,13H2,(H,28,30)/b21-12+. The van der Waals surface area contributed by atoms with Crippen LogP contribution in [-0.2, 0) is 11.4 Å². The minimum absolute atomic E-state index is 0.0170. The third-order valence-electron chi connectivity index (χ3n) is 4.74. The molecule has 0 aromatic heterocycles. The molecule has 0 atom stereocenters. The van der Waals surface area contributed by atoms with Crippen molar-refractivity contribution >= 4 is 69.4 Å². The van der Waals surface area contributed by atoms with E-state index in [9.17, 15) is 14.0 Å². The predicted octanol–water partition coefficient (Wildman–Crippen LogP) is 6.26. The Labute approximate surface area is 214 Å². The highest BCUT2D eigenvalue weighted by molar-refractivity contribution is 8.26. The first kappa shape index (κ1) is 24.2. The second-order valence-corrected chi connectivity index (χ2v) is 9.54. The fourth-order valence-electron chi connectivity index (χ4n) is 2.97. The summed E-state index contributed by atoms with van der Waals surface area (Å²) in [7, 11) is 0. The molecule has 1 N–H and O–H groups in total. The molecule has 172 valence electrons. The van der Waals surface area contributed by atoms with E-state index in [1.54, 1.807) is 60.7 Å². The number of rotatable bonds is 6. The van der Waals surface area contributed by atoms with Crippen LogP contribution in [0.15, 0.2) is 71.6 Å². The van der Waals surface area contributed by atoms with E-state index in [0.717, 1.165) is 22.3 Å². The van der Waals surface area contributed by atoms with E-state index in [1.165, 1.54) is 12.1 Å². The molecule has 3 aromatic rings. The average molecular weight is 533 g/mol. The van der Waals surface area contributed by atoms with Crippen LogP contribution in [0.1, 0.15) is 21.5 Å². The minimum atomic E-state index is -0.481. The lowest BCUT2D eigenvalue weighted by molar-refractivity contribution is -0.123. The zero-order valence-corrected chi connectivity index (χ0v) is 20.4. The Morgan fingerprint density at radius 3 is 2.47 bits per heavy atom. The van der Waals surface area contributed by atoms with Crippen molar-refractivity contribution in [3.8, 4) is 5.75 Å². The Kier molecular flexibility index (Phi) is 7.53. The van der Waals surface area contributed by atoms with E-state index < -0.39 is 17.6 Å². The molecule has 1 saturated heterocycles. The summed E-state index contributed by atoms with van der Waals surface area (Å²) in [6.07, 6.45) is 1.66. The summed E-state index contributed by atoms with van der Waals surface area (Å²) >= 11 is 18.2. The van der Waals surface area contributed by atoms with Crippen molar-refractivity contribution < 1.29 is 18.7 Å². The van der Waals surface area contributed by atoms with Crippen LogP contribution < -0.4 is 10.2 Å². The number of hydrogen-bond donors (Lipinski definition) is 1. The number of thioether (sulfide) groups is 1. The Bertz CT molecular complexity index is 1280. The van der Waals surface area contributed by atoms with E-state index in [-0.39, 0.29) is 16.5 Å². The van der Waals surface area contributed by atoms with Gasteiger partial charge in [0.05, 0.1) is 9.93 Å². The molecule has 1 fully saturated rings. The number of nitrogens with zero attached hydrogens (tertiary/aromatic N) is 1. The quantitative estimate of drug-likeness (QED) is 0.300. The van der Waals surface area contributed by atoms with Gasteiger partial charge in [-0.15, -0.1) is 0 Å². The largest absolute Gasteiger partial charge is 0.489 e. The molecule has 10 heteroatoms. The molecule has 1 heterocycles. The Balaban J connectivity index is 1.40. The molecular weight excluding hydrogens is 518 g/mol. The van der Waals surface area contributed by atoms with E-state index in [1.807, 2.05) is 0 Å². The summed E-state index contributed by atoms with van der Waals surface area (Å²) in [6.45, 7) is -0.0170. The molecule has 5 nitrogen and oxygen atoms in total. The van der Waals surface area contributed by atoms with Gasteiger partial charge < -0.3 is 4.74 Å². The molecule has 1 aliphatic heterocycles.